The summed E-state index contributed by atoms with van der Waals surface area (Å²) >= 11 is 7.65. The summed E-state index contributed by atoms with van der Waals surface area (Å²) in [6, 6.07) is 5.36. The molecule has 1 N–H and O–H groups in total. The Labute approximate surface area is 119 Å². The van der Waals surface area contributed by atoms with Gasteiger partial charge in [-0.15, -0.1) is 12.6 Å². The van der Waals surface area contributed by atoms with E-state index in [1.807, 2.05) is 6.07 Å². The van der Waals surface area contributed by atoms with Gasteiger partial charge in [0, 0.05) is 22.5 Å². The largest absolute Gasteiger partial charge is 0.394 e. The molecule has 1 fully saturated rings. The van der Waals surface area contributed by atoms with Crippen molar-refractivity contribution in [3.05, 3.63) is 28.2 Å². The number of ether oxygens (including phenoxy) is 1. The van der Waals surface area contributed by atoms with E-state index < -0.39 is 0 Å². The molecule has 0 aromatic heterocycles. The van der Waals surface area contributed by atoms with E-state index in [-0.39, 0.29) is 18.6 Å². The molecule has 1 unspecified atom stereocenters. The van der Waals surface area contributed by atoms with Crippen LogP contribution < -0.4 is 0 Å². The second-order valence-electron chi connectivity index (χ2n) is 4.09. The molecule has 1 aliphatic rings. The monoisotopic (exact) mass is 331 g/mol. The molecule has 0 aliphatic carbocycles. The Morgan fingerprint density at radius 2 is 2.39 bits per heavy atom. The van der Waals surface area contributed by atoms with Crippen molar-refractivity contribution >= 4 is 34.5 Å². The third-order valence-electron chi connectivity index (χ3n) is 2.82. The molecule has 18 heavy (non-hydrogen) atoms. The van der Waals surface area contributed by atoms with Gasteiger partial charge in [0.05, 0.1) is 24.9 Å². The van der Waals surface area contributed by atoms with Gasteiger partial charge in [0.1, 0.15) is 0 Å². The zero-order chi connectivity index (χ0) is 13.1. The normalized spacial score (nSPS) is 19.9. The number of morpholine rings is 1. The summed E-state index contributed by atoms with van der Waals surface area (Å²) < 4.78 is 6.21. The van der Waals surface area contributed by atoms with Crippen molar-refractivity contribution in [3.8, 4) is 0 Å². The highest BCUT2D eigenvalue weighted by Crippen LogP contribution is 2.22. The Morgan fingerprint density at radius 1 is 1.61 bits per heavy atom. The first kappa shape index (κ1) is 13.9. The van der Waals surface area contributed by atoms with E-state index in [0.717, 1.165) is 4.47 Å². The second kappa shape index (κ2) is 6.06. The van der Waals surface area contributed by atoms with Crippen molar-refractivity contribution in [2.45, 2.75) is 11.0 Å². The number of aliphatic hydroxyl groups is 1. The maximum absolute atomic E-state index is 12.3. The molecule has 0 spiro atoms. The lowest BCUT2D eigenvalue weighted by Crippen LogP contribution is -2.47. The highest BCUT2D eigenvalue weighted by atomic mass is 79.9. The number of nitrogens with zero attached hydrogens (tertiary/aromatic N) is 1. The topological polar surface area (TPSA) is 49.8 Å². The van der Waals surface area contributed by atoms with Gasteiger partial charge in [-0.1, -0.05) is 15.9 Å². The maximum atomic E-state index is 12.3. The number of hydrogen-bond acceptors (Lipinski definition) is 4. The van der Waals surface area contributed by atoms with Crippen molar-refractivity contribution in [2.24, 2.45) is 0 Å². The summed E-state index contributed by atoms with van der Waals surface area (Å²) in [5.41, 5.74) is 0.570. The molecular weight excluding hydrogens is 318 g/mol. The number of benzene rings is 1. The molecule has 1 heterocycles. The Morgan fingerprint density at radius 3 is 3.06 bits per heavy atom. The van der Waals surface area contributed by atoms with Crippen LogP contribution >= 0.6 is 28.6 Å². The van der Waals surface area contributed by atoms with Gasteiger partial charge >= 0.3 is 0 Å². The first-order valence-electron chi connectivity index (χ1n) is 5.62. The average Bonchev–Trinajstić information content (AvgIpc) is 2.38. The molecule has 6 heteroatoms. The lowest BCUT2D eigenvalue weighted by molar-refractivity contribution is -0.0448. The summed E-state index contributed by atoms with van der Waals surface area (Å²) in [6.45, 7) is 1.34. The highest BCUT2D eigenvalue weighted by molar-refractivity contribution is 9.10. The van der Waals surface area contributed by atoms with Crippen LogP contribution in [0.3, 0.4) is 0 Å². The summed E-state index contributed by atoms with van der Waals surface area (Å²) in [6.07, 6.45) is -0.290. The standard InChI is InChI=1S/C12H14BrNO3S/c13-8-1-2-10(11(18)5-8)12(16)14-3-4-17-9(6-14)7-15/h1-2,5,9,15,18H,3-4,6-7H2. The summed E-state index contributed by atoms with van der Waals surface area (Å²) in [4.78, 5) is 14.6. The molecule has 0 radical (unpaired) electrons. The van der Waals surface area contributed by atoms with Crippen LogP contribution in [0.25, 0.3) is 0 Å². The summed E-state index contributed by atoms with van der Waals surface area (Å²) in [7, 11) is 0. The number of halogens is 1. The van der Waals surface area contributed by atoms with Gasteiger partial charge in [-0.3, -0.25) is 4.79 Å². The molecule has 1 atom stereocenters. The van der Waals surface area contributed by atoms with Gasteiger partial charge in [-0.2, -0.15) is 0 Å². The minimum absolute atomic E-state index is 0.0716. The predicted octanol–water partition coefficient (Wildman–Crippen LogP) is 1.57. The van der Waals surface area contributed by atoms with Gasteiger partial charge < -0.3 is 14.7 Å². The molecule has 1 aliphatic heterocycles. The number of thiol groups is 1. The highest BCUT2D eigenvalue weighted by Gasteiger charge is 2.25. The molecule has 1 aromatic rings. The summed E-state index contributed by atoms with van der Waals surface area (Å²) in [5.74, 6) is -0.0748. The molecule has 4 nitrogen and oxygen atoms in total. The number of hydrogen-bond donors (Lipinski definition) is 2. The van der Waals surface area contributed by atoms with Crippen LogP contribution in [-0.4, -0.2) is 48.3 Å². The minimum atomic E-state index is -0.290. The number of amides is 1. The number of carbonyl (C=O) groups excluding carboxylic acids is 1. The molecule has 2 rings (SSSR count). The van der Waals surface area contributed by atoms with Gasteiger partial charge in [-0.05, 0) is 18.2 Å². The zero-order valence-corrected chi connectivity index (χ0v) is 12.2. The number of carbonyl (C=O) groups is 1. The van der Waals surface area contributed by atoms with Crippen molar-refractivity contribution < 1.29 is 14.6 Å². The molecule has 0 bridgehead atoms. The maximum Gasteiger partial charge on any atom is 0.255 e. The van der Waals surface area contributed by atoms with Gasteiger partial charge in [0.15, 0.2) is 0 Å². The Bertz CT molecular complexity index is 455. The van der Waals surface area contributed by atoms with Crippen LogP contribution in [0.15, 0.2) is 27.6 Å². The fraction of sp³-hybridized carbons (Fsp3) is 0.417. The van der Waals surface area contributed by atoms with Gasteiger partial charge in [0.25, 0.3) is 5.91 Å². The Hall–Kier alpha value is -0.560. The summed E-state index contributed by atoms with van der Waals surface area (Å²) in [5, 5.41) is 9.07. The van der Waals surface area contributed by atoms with E-state index in [0.29, 0.717) is 30.2 Å². The molecule has 1 amide bonds. The minimum Gasteiger partial charge on any atom is -0.394 e. The van der Waals surface area contributed by atoms with E-state index in [9.17, 15) is 4.79 Å². The van der Waals surface area contributed by atoms with Crippen molar-refractivity contribution in [3.63, 3.8) is 0 Å². The SMILES string of the molecule is O=C(c1ccc(Br)cc1S)N1CCOC(CO)C1. The number of rotatable bonds is 2. The average molecular weight is 332 g/mol. The Kier molecular flexibility index (Phi) is 4.66. The van der Waals surface area contributed by atoms with E-state index in [2.05, 4.69) is 28.6 Å². The third-order valence-corrected chi connectivity index (χ3v) is 3.68. The molecule has 1 aromatic carbocycles. The van der Waals surface area contributed by atoms with Crippen molar-refractivity contribution in [1.29, 1.82) is 0 Å². The first-order chi connectivity index (χ1) is 8.61. The smallest absolute Gasteiger partial charge is 0.255 e. The van der Waals surface area contributed by atoms with Crippen LogP contribution in [0.5, 0.6) is 0 Å². The second-order valence-corrected chi connectivity index (χ2v) is 5.49. The number of aliphatic hydroxyl groups excluding tert-OH is 1. The van der Waals surface area contributed by atoms with Crippen molar-refractivity contribution in [2.75, 3.05) is 26.3 Å². The van der Waals surface area contributed by atoms with Gasteiger partial charge in [0.2, 0.25) is 0 Å². The first-order valence-corrected chi connectivity index (χ1v) is 6.86. The van der Waals surface area contributed by atoms with E-state index in [1.54, 1.807) is 17.0 Å². The van der Waals surface area contributed by atoms with E-state index >= 15 is 0 Å². The molecule has 98 valence electrons. The van der Waals surface area contributed by atoms with E-state index in [1.165, 1.54) is 0 Å². The van der Waals surface area contributed by atoms with Crippen LogP contribution in [0.2, 0.25) is 0 Å². The van der Waals surface area contributed by atoms with Gasteiger partial charge in [-0.25, -0.2) is 0 Å². The van der Waals surface area contributed by atoms with Crippen LogP contribution in [0, 0.1) is 0 Å². The Balaban J connectivity index is 2.15. The molecule has 1 saturated heterocycles. The quantitative estimate of drug-likeness (QED) is 0.809. The van der Waals surface area contributed by atoms with Crippen LogP contribution in [-0.2, 0) is 4.74 Å². The van der Waals surface area contributed by atoms with Crippen LogP contribution in [0.1, 0.15) is 10.4 Å². The lowest BCUT2D eigenvalue weighted by Gasteiger charge is -2.32. The lowest BCUT2D eigenvalue weighted by atomic mass is 10.1. The van der Waals surface area contributed by atoms with Crippen LogP contribution in [0.4, 0.5) is 0 Å². The molecular formula is C12H14BrNO3S. The van der Waals surface area contributed by atoms with Crippen molar-refractivity contribution in [1.82, 2.24) is 4.90 Å². The van der Waals surface area contributed by atoms with E-state index in [4.69, 9.17) is 9.84 Å². The predicted molar refractivity (Wildman–Crippen MR) is 74.1 cm³/mol. The third kappa shape index (κ3) is 3.06. The zero-order valence-electron chi connectivity index (χ0n) is 9.67. The fourth-order valence-electron chi connectivity index (χ4n) is 1.87. The fourth-order valence-corrected chi connectivity index (χ4v) is 2.72. The molecule has 0 saturated carbocycles.